The second-order valence-electron chi connectivity index (χ2n) is 8.02. The smallest absolute Gasteiger partial charge is 0.253 e. The third-order valence-electron chi connectivity index (χ3n) is 6.04. The lowest BCUT2D eigenvalue weighted by Crippen LogP contribution is -2.39. The Morgan fingerprint density at radius 1 is 1.10 bits per heavy atom. The van der Waals surface area contributed by atoms with E-state index in [4.69, 9.17) is 4.74 Å². The van der Waals surface area contributed by atoms with E-state index >= 15 is 0 Å². The molecule has 2 aromatic heterocycles. The van der Waals surface area contributed by atoms with Crippen molar-refractivity contribution in [2.45, 2.75) is 25.8 Å². The topological polar surface area (TPSA) is 76.4 Å². The molecule has 0 radical (unpaired) electrons. The third kappa shape index (κ3) is 3.52. The van der Waals surface area contributed by atoms with Gasteiger partial charge < -0.3 is 14.5 Å². The van der Waals surface area contributed by atoms with Crippen LogP contribution in [0.4, 0.5) is 5.82 Å². The van der Waals surface area contributed by atoms with E-state index in [2.05, 4.69) is 20.0 Å². The minimum atomic E-state index is 0.111. The summed E-state index contributed by atoms with van der Waals surface area (Å²) in [5.74, 6) is 1.04. The number of hydrogen-bond donors (Lipinski definition) is 0. The van der Waals surface area contributed by atoms with Crippen LogP contribution in [0.15, 0.2) is 36.8 Å². The van der Waals surface area contributed by atoms with Gasteiger partial charge in [-0.25, -0.2) is 14.6 Å². The molecule has 4 heterocycles. The van der Waals surface area contributed by atoms with E-state index in [-0.39, 0.29) is 11.9 Å². The van der Waals surface area contributed by atoms with Crippen LogP contribution in [-0.2, 0) is 4.74 Å². The van der Waals surface area contributed by atoms with E-state index in [1.807, 2.05) is 47.0 Å². The number of nitrogens with zero attached hydrogens (tertiary/aromatic N) is 6. The molecule has 5 rings (SSSR count). The summed E-state index contributed by atoms with van der Waals surface area (Å²) in [4.78, 5) is 26.1. The van der Waals surface area contributed by atoms with Gasteiger partial charge in [-0.1, -0.05) is 17.7 Å². The minimum absolute atomic E-state index is 0.111. The number of piperidine rings is 1. The summed E-state index contributed by atoms with van der Waals surface area (Å²) < 4.78 is 7.49. The van der Waals surface area contributed by atoms with Crippen LogP contribution in [0.2, 0.25) is 0 Å². The normalized spacial score (nSPS) is 18.2. The van der Waals surface area contributed by atoms with Gasteiger partial charge >= 0.3 is 0 Å². The van der Waals surface area contributed by atoms with Crippen molar-refractivity contribution in [1.82, 2.24) is 24.6 Å². The molecule has 8 heteroatoms. The summed E-state index contributed by atoms with van der Waals surface area (Å²) in [6, 6.07) is 8.04. The predicted octanol–water partition coefficient (Wildman–Crippen LogP) is 2.45. The van der Waals surface area contributed by atoms with Crippen LogP contribution in [0.25, 0.3) is 11.0 Å². The van der Waals surface area contributed by atoms with Crippen LogP contribution in [0.1, 0.15) is 34.8 Å². The Morgan fingerprint density at radius 2 is 1.90 bits per heavy atom. The molecule has 0 atom stereocenters. The molecule has 0 unspecified atom stereocenters. The second kappa shape index (κ2) is 8.02. The van der Waals surface area contributed by atoms with Gasteiger partial charge in [-0.05, 0) is 31.9 Å². The molecule has 3 aromatic rings. The van der Waals surface area contributed by atoms with Crippen molar-refractivity contribution in [2.24, 2.45) is 0 Å². The first kappa shape index (κ1) is 19.0. The molecular weight excluding hydrogens is 380 g/mol. The molecule has 0 spiro atoms. The fraction of sp³-hybridized carbons (Fsp3) is 0.455. The van der Waals surface area contributed by atoms with Crippen molar-refractivity contribution in [2.75, 3.05) is 44.3 Å². The van der Waals surface area contributed by atoms with E-state index < -0.39 is 0 Å². The van der Waals surface area contributed by atoms with Gasteiger partial charge in [0.05, 0.1) is 30.8 Å². The maximum absolute atomic E-state index is 12.8. The molecule has 0 N–H and O–H groups in total. The lowest BCUT2D eigenvalue weighted by Gasteiger charge is -2.32. The molecule has 0 aliphatic carbocycles. The highest BCUT2D eigenvalue weighted by molar-refractivity contribution is 5.94. The van der Waals surface area contributed by atoms with Gasteiger partial charge in [0, 0.05) is 31.7 Å². The number of morpholine rings is 1. The van der Waals surface area contributed by atoms with E-state index in [0.717, 1.165) is 67.0 Å². The molecule has 2 fully saturated rings. The fourth-order valence-electron chi connectivity index (χ4n) is 4.42. The molecule has 0 bridgehead atoms. The number of rotatable bonds is 3. The molecule has 8 nitrogen and oxygen atoms in total. The molecule has 1 aromatic carbocycles. The highest BCUT2D eigenvalue weighted by Gasteiger charge is 2.27. The number of aryl methyl sites for hydroxylation is 1. The number of anilines is 1. The first-order valence-corrected chi connectivity index (χ1v) is 10.6. The van der Waals surface area contributed by atoms with Crippen LogP contribution < -0.4 is 4.90 Å². The first-order valence-electron chi connectivity index (χ1n) is 10.6. The Kier molecular flexibility index (Phi) is 5.08. The quantitative estimate of drug-likeness (QED) is 0.665. The van der Waals surface area contributed by atoms with E-state index in [1.54, 1.807) is 6.33 Å². The number of amides is 1. The lowest BCUT2D eigenvalue weighted by atomic mass is 10.0. The summed E-state index contributed by atoms with van der Waals surface area (Å²) in [6.07, 6.45) is 5.24. The van der Waals surface area contributed by atoms with Crippen LogP contribution in [0.5, 0.6) is 0 Å². The average molecular weight is 406 g/mol. The van der Waals surface area contributed by atoms with Gasteiger partial charge in [0.15, 0.2) is 5.65 Å². The van der Waals surface area contributed by atoms with Gasteiger partial charge in [-0.3, -0.25) is 4.79 Å². The number of fused-ring (bicyclic) bond motifs is 1. The maximum Gasteiger partial charge on any atom is 0.253 e. The molecule has 2 aliphatic heterocycles. The predicted molar refractivity (Wildman–Crippen MR) is 114 cm³/mol. The van der Waals surface area contributed by atoms with Gasteiger partial charge in [-0.15, -0.1) is 0 Å². The molecule has 30 heavy (non-hydrogen) atoms. The van der Waals surface area contributed by atoms with Crippen molar-refractivity contribution in [3.63, 3.8) is 0 Å². The number of likely N-dealkylation sites (tertiary alicyclic amines) is 1. The highest BCUT2D eigenvalue weighted by atomic mass is 16.5. The zero-order valence-corrected chi connectivity index (χ0v) is 17.2. The molecule has 0 saturated carbocycles. The summed E-state index contributed by atoms with van der Waals surface area (Å²) in [6.45, 7) is 6.55. The summed E-state index contributed by atoms with van der Waals surface area (Å²) in [5, 5.41) is 5.65. The van der Waals surface area contributed by atoms with Crippen molar-refractivity contribution in [3.05, 3.63) is 47.9 Å². The Labute approximate surface area is 175 Å². The average Bonchev–Trinajstić information content (AvgIpc) is 3.23. The number of hydrogen-bond acceptors (Lipinski definition) is 6. The summed E-state index contributed by atoms with van der Waals surface area (Å²) >= 11 is 0. The SMILES string of the molecule is Cc1cccc(C(=O)N2CCC(n3ncc4c(N5CCOCC5)ncnc43)CC2)c1. The number of ether oxygens (including phenoxy) is 1. The summed E-state index contributed by atoms with van der Waals surface area (Å²) in [5.41, 5.74) is 2.74. The number of benzene rings is 1. The summed E-state index contributed by atoms with van der Waals surface area (Å²) in [7, 11) is 0. The Balaban J connectivity index is 1.32. The number of carbonyl (C=O) groups is 1. The molecule has 2 saturated heterocycles. The van der Waals surface area contributed by atoms with Crippen molar-refractivity contribution >= 4 is 22.8 Å². The van der Waals surface area contributed by atoms with Crippen LogP contribution in [0.3, 0.4) is 0 Å². The largest absolute Gasteiger partial charge is 0.378 e. The Bertz CT molecular complexity index is 1050. The zero-order valence-electron chi connectivity index (χ0n) is 17.2. The number of aromatic nitrogens is 4. The minimum Gasteiger partial charge on any atom is -0.378 e. The molecule has 1 amide bonds. The lowest BCUT2D eigenvalue weighted by molar-refractivity contribution is 0.0691. The van der Waals surface area contributed by atoms with E-state index in [9.17, 15) is 4.79 Å². The van der Waals surface area contributed by atoms with Crippen LogP contribution in [0, 0.1) is 6.92 Å². The molecule has 2 aliphatic rings. The standard InChI is InChI=1S/C22H26N6O2/c1-16-3-2-4-17(13-16)22(29)27-7-5-18(6-8-27)28-21-19(14-25-28)20(23-15-24-21)26-9-11-30-12-10-26/h2-4,13-15,18H,5-12H2,1H3. The van der Waals surface area contributed by atoms with Gasteiger partial charge in [-0.2, -0.15) is 5.10 Å². The van der Waals surface area contributed by atoms with Crippen LogP contribution in [-0.4, -0.2) is 69.9 Å². The van der Waals surface area contributed by atoms with Crippen LogP contribution >= 0.6 is 0 Å². The van der Waals surface area contributed by atoms with Crippen molar-refractivity contribution in [3.8, 4) is 0 Å². The van der Waals surface area contributed by atoms with E-state index in [1.165, 1.54) is 0 Å². The monoisotopic (exact) mass is 406 g/mol. The second-order valence-corrected chi connectivity index (χ2v) is 8.02. The molecule has 156 valence electrons. The van der Waals surface area contributed by atoms with E-state index in [0.29, 0.717) is 13.2 Å². The fourth-order valence-corrected chi connectivity index (χ4v) is 4.42. The number of carbonyl (C=O) groups excluding carboxylic acids is 1. The molecular formula is C22H26N6O2. The van der Waals surface area contributed by atoms with Gasteiger partial charge in [0.2, 0.25) is 0 Å². The van der Waals surface area contributed by atoms with Crippen molar-refractivity contribution < 1.29 is 9.53 Å². The Morgan fingerprint density at radius 3 is 2.67 bits per heavy atom. The first-order chi connectivity index (χ1) is 14.7. The zero-order chi connectivity index (χ0) is 20.5. The highest BCUT2D eigenvalue weighted by Crippen LogP contribution is 2.29. The van der Waals surface area contributed by atoms with Gasteiger partial charge in [0.25, 0.3) is 5.91 Å². The Hall–Kier alpha value is -3.00. The maximum atomic E-state index is 12.8. The third-order valence-corrected chi connectivity index (χ3v) is 6.04. The van der Waals surface area contributed by atoms with Crippen molar-refractivity contribution in [1.29, 1.82) is 0 Å². The van der Waals surface area contributed by atoms with Gasteiger partial charge in [0.1, 0.15) is 12.1 Å².